The maximum atomic E-state index is 12.5. The lowest BCUT2D eigenvalue weighted by Crippen LogP contribution is -2.59. The number of nitrogens with one attached hydrogen (secondary N) is 2. The first-order valence-electron chi connectivity index (χ1n) is 14.3. The van der Waals surface area contributed by atoms with Gasteiger partial charge in [0.2, 0.25) is 11.7 Å². The van der Waals surface area contributed by atoms with Crippen LogP contribution in [0.4, 0.5) is 5.69 Å². The monoisotopic (exact) mass is 639 g/mol. The Balaban J connectivity index is 0.000000417. The second-order valence-electron chi connectivity index (χ2n) is 9.92. The number of ketones is 1. The van der Waals surface area contributed by atoms with Crippen LogP contribution in [0.2, 0.25) is 0 Å². The summed E-state index contributed by atoms with van der Waals surface area (Å²) in [6, 6.07) is 0.892. The average molecular weight is 640 g/mol. The normalized spacial score (nSPS) is 19.1. The predicted molar refractivity (Wildman–Crippen MR) is 168 cm³/mol. The van der Waals surface area contributed by atoms with Crippen molar-refractivity contribution in [1.29, 1.82) is 0 Å². The molecule has 2 aliphatic rings. The highest BCUT2D eigenvalue weighted by molar-refractivity contribution is 8.04. The van der Waals surface area contributed by atoms with Gasteiger partial charge in [0.1, 0.15) is 12.1 Å². The lowest BCUT2D eigenvalue weighted by molar-refractivity contribution is -0.227. The summed E-state index contributed by atoms with van der Waals surface area (Å²) in [4.78, 5) is 39.0. The van der Waals surface area contributed by atoms with Crippen molar-refractivity contribution < 1.29 is 42.5 Å². The van der Waals surface area contributed by atoms with E-state index in [-0.39, 0.29) is 35.4 Å². The van der Waals surface area contributed by atoms with Gasteiger partial charge in [-0.2, -0.15) is 0 Å². The molecule has 246 valence electrons. The number of aliphatic hydroxyl groups is 3. The molecule has 3 rings (SSSR count). The van der Waals surface area contributed by atoms with E-state index in [1.54, 1.807) is 31.3 Å². The third-order valence-electron chi connectivity index (χ3n) is 6.14. The molecule has 1 aromatic heterocycles. The van der Waals surface area contributed by atoms with Crippen molar-refractivity contribution in [3.05, 3.63) is 48.1 Å². The minimum absolute atomic E-state index is 0.0457. The predicted octanol–water partition coefficient (Wildman–Crippen LogP) is 1.86. The molecule has 2 atom stereocenters. The van der Waals surface area contributed by atoms with Crippen molar-refractivity contribution in [3.8, 4) is 0 Å². The number of aliphatic hydroxyl groups excluding tert-OH is 1. The summed E-state index contributed by atoms with van der Waals surface area (Å²) in [5.74, 6) is -4.71. The molecule has 1 aromatic rings. The van der Waals surface area contributed by atoms with E-state index in [2.05, 4.69) is 15.6 Å². The van der Waals surface area contributed by atoms with Gasteiger partial charge in [0, 0.05) is 25.9 Å². The number of primary amides is 1. The van der Waals surface area contributed by atoms with Gasteiger partial charge in [0.25, 0.3) is 15.9 Å². The van der Waals surface area contributed by atoms with Crippen molar-refractivity contribution in [3.63, 3.8) is 0 Å². The van der Waals surface area contributed by atoms with Gasteiger partial charge in [-0.25, -0.2) is 13.4 Å². The van der Waals surface area contributed by atoms with Crippen molar-refractivity contribution >= 4 is 44.4 Å². The summed E-state index contributed by atoms with van der Waals surface area (Å²) in [5.41, 5.74) is 6.02. The first-order valence-corrected chi connectivity index (χ1v) is 15.7. The topological polar surface area (TPSA) is 225 Å². The van der Waals surface area contributed by atoms with E-state index in [0.717, 1.165) is 0 Å². The fourth-order valence-corrected chi connectivity index (χ4v) is 5.51. The number of sulfonamides is 1. The van der Waals surface area contributed by atoms with Crippen LogP contribution in [0.5, 0.6) is 0 Å². The minimum Gasteiger partial charge on any atom is -0.449 e. The lowest BCUT2D eigenvalue weighted by Gasteiger charge is -2.31. The van der Waals surface area contributed by atoms with E-state index in [9.17, 15) is 38.1 Å². The first-order chi connectivity index (χ1) is 20.7. The average Bonchev–Trinajstić information content (AvgIpc) is 3.12. The Bertz CT molecular complexity index is 1360. The fraction of sp³-hybridized carbons (Fsp3) is 0.517. The number of nitrogens with two attached hydrogens (primary N) is 1. The molecule has 44 heavy (non-hydrogen) atoms. The molecular formula is C29H45N5O9S. The highest BCUT2D eigenvalue weighted by atomic mass is 32.2. The summed E-state index contributed by atoms with van der Waals surface area (Å²) in [6.45, 7) is 9.46. The number of anilines is 1. The maximum absolute atomic E-state index is 12.5. The second-order valence-corrected chi connectivity index (χ2v) is 11.7. The summed E-state index contributed by atoms with van der Waals surface area (Å²) in [7, 11) is -2.64. The van der Waals surface area contributed by atoms with E-state index >= 15 is 0 Å². The quantitative estimate of drug-likeness (QED) is 0.226. The zero-order valence-electron chi connectivity index (χ0n) is 26.0. The zero-order valence-corrected chi connectivity index (χ0v) is 26.8. The van der Waals surface area contributed by atoms with Crippen LogP contribution in [0.15, 0.2) is 46.0 Å². The van der Waals surface area contributed by atoms with Crippen LogP contribution < -0.4 is 16.4 Å². The summed E-state index contributed by atoms with van der Waals surface area (Å²) < 4.78 is 30.7. The van der Waals surface area contributed by atoms with E-state index < -0.39 is 50.7 Å². The summed E-state index contributed by atoms with van der Waals surface area (Å²) in [6.07, 6.45) is 8.69. The van der Waals surface area contributed by atoms with Crippen LogP contribution in [-0.4, -0.2) is 82.3 Å². The molecule has 7 N–H and O–H groups in total. The highest BCUT2D eigenvalue weighted by Gasteiger charge is 2.51. The third kappa shape index (κ3) is 10.2. The fourth-order valence-electron chi connectivity index (χ4n) is 4.03. The van der Waals surface area contributed by atoms with Crippen LogP contribution in [0.25, 0.3) is 6.08 Å². The Morgan fingerprint density at radius 1 is 1.27 bits per heavy atom. The van der Waals surface area contributed by atoms with Crippen LogP contribution >= 0.6 is 0 Å². The van der Waals surface area contributed by atoms with Gasteiger partial charge in [-0.05, 0) is 50.7 Å². The second kappa shape index (κ2) is 17.6. The van der Waals surface area contributed by atoms with E-state index in [1.165, 1.54) is 12.3 Å². The van der Waals surface area contributed by atoms with Crippen molar-refractivity contribution in [2.24, 2.45) is 16.6 Å². The molecule has 14 nitrogen and oxygen atoms in total. The molecule has 0 bridgehead atoms. The zero-order chi connectivity index (χ0) is 33.7. The Kier molecular flexibility index (Phi) is 15.4. The van der Waals surface area contributed by atoms with Crippen LogP contribution in [0.1, 0.15) is 76.6 Å². The molecule has 0 saturated carbocycles. The number of aliphatic imine (C=N–C) groups is 1. The van der Waals surface area contributed by atoms with Gasteiger partial charge in [-0.1, -0.05) is 45.9 Å². The van der Waals surface area contributed by atoms with Gasteiger partial charge < -0.3 is 36.1 Å². The molecule has 0 aromatic carbocycles. The van der Waals surface area contributed by atoms with Gasteiger partial charge in [0.15, 0.2) is 16.6 Å². The van der Waals surface area contributed by atoms with Gasteiger partial charge >= 0.3 is 5.91 Å². The number of Topliss-reactive ketones (excluding diaryl/α,β-unsaturated/α-hetero) is 1. The molecule has 15 heteroatoms. The Hall–Kier alpha value is -3.63. The number of carbonyl (C=O) groups excluding carboxylic acids is 3. The smallest absolute Gasteiger partial charge is 0.303 e. The molecule has 0 radical (unpaired) electrons. The number of hydrogen-bond donors (Lipinski definition) is 6. The molecule has 2 aliphatic heterocycles. The number of carbonyl (C=O) groups is 3. The minimum atomic E-state index is -4.38. The maximum Gasteiger partial charge on any atom is 0.303 e. The molecule has 2 amide bonds. The van der Waals surface area contributed by atoms with Crippen LogP contribution in [0.3, 0.4) is 0 Å². The van der Waals surface area contributed by atoms with Gasteiger partial charge in [-0.3, -0.25) is 14.4 Å². The molecule has 0 aliphatic carbocycles. The molecule has 2 unspecified atom stereocenters. The van der Waals surface area contributed by atoms with Crippen LogP contribution in [0, 0.1) is 5.92 Å². The highest BCUT2D eigenvalue weighted by Crippen LogP contribution is 2.25. The number of hydrogen-bond acceptors (Lipinski definition) is 11. The van der Waals surface area contributed by atoms with Crippen molar-refractivity contribution in [1.82, 2.24) is 9.62 Å². The lowest BCUT2D eigenvalue weighted by atomic mass is 10.0. The number of nitrogens with zero attached hydrogens (tertiary/aromatic N) is 2. The van der Waals surface area contributed by atoms with Gasteiger partial charge in [-0.15, -0.1) is 4.31 Å². The van der Waals surface area contributed by atoms with Crippen molar-refractivity contribution in [2.75, 3.05) is 18.9 Å². The third-order valence-corrected chi connectivity index (χ3v) is 7.93. The number of furan rings is 1. The Labute approximate surface area is 258 Å². The molecule has 0 spiro atoms. The SMILES string of the molecule is C/C=C\c1oc(C(=O)NC(CC(C)C)C(N)=O)cc1NC.CC.O=C1C(O)CCCN(S(=O)(=O)C2=NC=CCC=C2)C1(O)O. The molecule has 3 heterocycles. The summed E-state index contributed by atoms with van der Waals surface area (Å²) in [5, 5.41) is 34.4. The Morgan fingerprint density at radius 2 is 1.93 bits per heavy atom. The molecule has 1 saturated heterocycles. The largest absolute Gasteiger partial charge is 0.449 e. The van der Waals surface area contributed by atoms with E-state index in [1.807, 2.05) is 40.7 Å². The van der Waals surface area contributed by atoms with Gasteiger partial charge in [0.05, 0.1) is 5.69 Å². The molecule has 1 fully saturated rings. The number of amides is 2. The standard InChI is InChI=1S/C15H23N3O3.C12H16N2O6S.C2H6/c1-5-6-12-10(17-4)8-13(21-12)15(20)18-11(14(16)19)7-9(2)3;15-9-5-4-8-14(12(17,18)11(9)16)21(19,20)10-6-2-1-3-7-13-10;1-2/h5-6,8-9,11,17H,7H2,1-4H3,(H2,16,19)(H,18,20);2-3,6-7,9,15,17-18H,1,4-5,8H2;1-2H3/b6-5-;;. The van der Waals surface area contributed by atoms with E-state index in [0.29, 0.717) is 24.3 Å². The molecular weight excluding hydrogens is 594 g/mol. The van der Waals surface area contributed by atoms with E-state index in [4.69, 9.17) is 10.2 Å². The first kappa shape index (κ1) is 38.4. The number of rotatable bonds is 8. The van der Waals surface area contributed by atoms with Crippen LogP contribution in [-0.2, 0) is 19.6 Å². The Morgan fingerprint density at radius 3 is 2.50 bits per heavy atom. The summed E-state index contributed by atoms with van der Waals surface area (Å²) >= 11 is 0. The number of allylic oxidation sites excluding steroid dienone is 3. The van der Waals surface area contributed by atoms with Crippen molar-refractivity contribution in [2.45, 2.75) is 78.4 Å².